The molecular weight excluding hydrogens is 422 g/mol. The maximum absolute atomic E-state index is 6.06. The number of rotatable bonds is 10. The van der Waals surface area contributed by atoms with Gasteiger partial charge in [0.25, 0.3) is 0 Å². The molecule has 1 fully saturated rings. The minimum atomic E-state index is 0.199. The summed E-state index contributed by atoms with van der Waals surface area (Å²) >= 11 is 5.92. The lowest BCUT2D eigenvalue weighted by Crippen LogP contribution is -2.50. The van der Waals surface area contributed by atoms with E-state index >= 15 is 0 Å². The van der Waals surface area contributed by atoms with E-state index < -0.39 is 0 Å². The molecule has 1 N–H and O–H groups in total. The van der Waals surface area contributed by atoms with Crippen LogP contribution in [0.3, 0.4) is 0 Å². The van der Waals surface area contributed by atoms with Crippen molar-refractivity contribution in [2.45, 2.75) is 44.8 Å². The number of hydrogen-bond acceptors (Lipinski definition) is 5. The Morgan fingerprint density at radius 2 is 1.66 bits per heavy atom. The molecule has 6 heteroatoms. The van der Waals surface area contributed by atoms with E-state index in [1.807, 2.05) is 24.3 Å². The molecule has 2 aliphatic heterocycles. The second kappa shape index (κ2) is 11.5. The zero-order valence-corrected chi connectivity index (χ0v) is 19.6. The first-order valence-electron chi connectivity index (χ1n) is 11.7. The number of halogens is 1. The summed E-state index contributed by atoms with van der Waals surface area (Å²) in [6.45, 7) is 6.88. The lowest BCUT2D eigenvalue weighted by molar-refractivity contribution is 0.0890. The summed E-state index contributed by atoms with van der Waals surface area (Å²) in [6.07, 6.45) is 8.87. The summed E-state index contributed by atoms with van der Waals surface area (Å²) in [5.41, 5.74) is 1.34. The highest BCUT2D eigenvalue weighted by Gasteiger charge is 2.29. The first kappa shape index (κ1) is 22.8. The van der Waals surface area contributed by atoms with Gasteiger partial charge in [0.05, 0.1) is 6.61 Å². The van der Waals surface area contributed by atoms with Gasteiger partial charge in [-0.25, -0.2) is 0 Å². The van der Waals surface area contributed by atoms with Crippen LogP contribution in [0.15, 0.2) is 60.9 Å². The number of hydrogen-bond donors (Lipinski definition) is 1. The number of nitrogens with one attached hydrogen (secondary N) is 1. The lowest BCUT2D eigenvalue weighted by Gasteiger charge is -2.39. The number of likely N-dealkylation sites (tertiary alicyclic amines) is 1. The Labute approximate surface area is 196 Å². The largest absolute Gasteiger partial charge is 0.494 e. The van der Waals surface area contributed by atoms with Crippen LogP contribution in [0.2, 0.25) is 5.02 Å². The average molecular weight is 456 g/mol. The van der Waals surface area contributed by atoms with Gasteiger partial charge in [-0.15, -0.1) is 0 Å². The molecule has 2 aliphatic rings. The van der Waals surface area contributed by atoms with Crippen LogP contribution in [0.5, 0.6) is 11.5 Å². The average Bonchev–Trinajstić information content (AvgIpc) is 3.31. The Hall–Kier alpha value is -2.37. The van der Waals surface area contributed by atoms with Gasteiger partial charge in [0.15, 0.2) is 0 Å². The summed E-state index contributed by atoms with van der Waals surface area (Å²) in [5, 5.41) is 4.19. The van der Waals surface area contributed by atoms with Gasteiger partial charge in [-0.05, 0) is 67.6 Å². The highest BCUT2D eigenvalue weighted by atomic mass is 35.5. The molecule has 0 aromatic heterocycles. The van der Waals surface area contributed by atoms with Crippen LogP contribution < -0.4 is 14.8 Å². The van der Waals surface area contributed by atoms with Gasteiger partial charge in [0, 0.05) is 43.1 Å². The minimum absolute atomic E-state index is 0.199. The summed E-state index contributed by atoms with van der Waals surface area (Å²) < 4.78 is 11.9. The van der Waals surface area contributed by atoms with E-state index in [0.717, 1.165) is 55.6 Å². The van der Waals surface area contributed by atoms with Gasteiger partial charge in [-0.3, -0.25) is 0 Å². The SMILES string of the molecule is CCc1ccc(OCC2NC=CN2C2CCN(CCCOc3ccc(Cl)cc3)CC2)cc1. The molecule has 0 saturated carbocycles. The molecule has 0 aliphatic carbocycles. The van der Waals surface area contributed by atoms with Crippen LogP contribution in [0.1, 0.15) is 31.7 Å². The molecule has 2 aromatic rings. The van der Waals surface area contributed by atoms with Gasteiger partial charge >= 0.3 is 0 Å². The van der Waals surface area contributed by atoms with E-state index in [9.17, 15) is 0 Å². The van der Waals surface area contributed by atoms with Crippen molar-refractivity contribution in [3.8, 4) is 11.5 Å². The predicted octanol–water partition coefficient (Wildman–Crippen LogP) is 4.92. The number of ether oxygens (including phenoxy) is 2. The Bertz CT molecular complexity index is 848. The fourth-order valence-corrected chi connectivity index (χ4v) is 4.51. The van der Waals surface area contributed by atoms with E-state index in [-0.39, 0.29) is 6.17 Å². The molecule has 5 nitrogen and oxygen atoms in total. The van der Waals surface area contributed by atoms with E-state index in [0.29, 0.717) is 12.6 Å². The van der Waals surface area contributed by atoms with Gasteiger partial charge in [-0.2, -0.15) is 0 Å². The fourth-order valence-electron chi connectivity index (χ4n) is 4.39. The van der Waals surface area contributed by atoms with Crippen LogP contribution >= 0.6 is 11.6 Å². The molecule has 172 valence electrons. The molecule has 0 bridgehead atoms. The Morgan fingerprint density at radius 3 is 2.38 bits per heavy atom. The Morgan fingerprint density at radius 1 is 0.969 bits per heavy atom. The molecule has 32 heavy (non-hydrogen) atoms. The van der Waals surface area contributed by atoms with E-state index in [2.05, 4.69) is 58.7 Å². The number of aryl methyl sites for hydroxylation is 1. The zero-order chi connectivity index (χ0) is 22.2. The topological polar surface area (TPSA) is 37.0 Å². The van der Waals surface area contributed by atoms with Crippen LogP contribution in [0.4, 0.5) is 0 Å². The fraction of sp³-hybridized carbons (Fsp3) is 0.462. The van der Waals surface area contributed by atoms with Crippen LogP contribution in [-0.4, -0.2) is 54.9 Å². The first-order valence-corrected chi connectivity index (χ1v) is 12.1. The van der Waals surface area contributed by atoms with Crippen LogP contribution in [0.25, 0.3) is 0 Å². The predicted molar refractivity (Wildman–Crippen MR) is 130 cm³/mol. The third-order valence-electron chi connectivity index (χ3n) is 6.31. The molecule has 0 radical (unpaired) electrons. The highest BCUT2D eigenvalue weighted by Crippen LogP contribution is 2.22. The third kappa shape index (κ3) is 6.33. The number of nitrogens with zero attached hydrogens (tertiary/aromatic N) is 2. The Balaban J connectivity index is 1.15. The van der Waals surface area contributed by atoms with Crippen molar-refractivity contribution in [1.82, 2.24) is 15.1 Å². The first-order chi connectivity index (χ1) is 15.7. The molecule has 0 spiro atoms. The van der Waals surface area contributed by atoms with Crippen molar-refractivity contribution >= 4 is 11.6 Å². The molecule has 1 atom stereocenters. The molecule has 4 rings (SSSR count). The third-order valence-corrected chi connectivity index (χ3v) is 6.57. The van der Waals surface area contributed by atoms with E-state index in [1.165, 1.54) is 18.4 Å². The second-order valence-electron chi connectivity index (χ2n) is 8.48. The van der Waals surface area contributed by atoms with Gasteiger partial charge in [0.2, 0.25) is 0 Å². The van der Waals surface area contributed by atoms with Crippen molar-refractivity contribution in [3.05, 3.63) is 71.5 Å². The lowest BCUT2D eigenvalue weighted by atomic mass is 10.0. The minimum Gasteiger partial charge on any atom is -0.494 e. The number of benzene rings is 2. The smallest absolute Gasteiger partial charge is 0.134 e. The van der Waals surface area contributed by atoms with Gasteiger partial charge in [-0.1, -0.05) is 30.7 Å². The molecular formula is C26H34ClN3O2. The summed E-state index contributed by atoms with van der Waals surface area (Å²) in [7, 11) is 0. The normalized spacial score (nSPS) is 19.2. The van der Waals surface area contributed by atoms with Crippen molar-refractivity contribution in [2.24, 2.45) is 0 Å². The molecule has 1 unspecified atom stereocenters. The quantitative estimate of drug-likeness (QED) is 0.515. The second-order valence-corrected chi connectivity index (χ2v) is 8.92. The van der Waals surface area contributed by atoms with Crippen molar-refractivity contribution in [3.63, 3.8) is 0 Å². The van der Waals surface area contributed by atoms with E-state index in [4.69, 9.17) is 21.1 Å². The maximum Gasteiger partial charge on any atom is 0.134 e. The zero-order valence-electron chi connectivity index (χ0n) is 18.9. The van der Waals surface area contributed by atoms with Crippen molar-refractivity contribution in [1.29, 1.82) is 0 Å². The van der Waals surface area contributed by atoms with Gasteiger partial charge < -0.3 is 24.6 Å². The monoisotopic (exact) mass is 455 g/mol. The summed E-state index contributed by atoms with van der Waals surface area (Å²) in [5.74, 6) is 1.82. The summed E-state index contributed by atoms with van der Waals surface area (Å²) in [6, 6.07) is 16.6. The van der Waals surface area contributed by atoms with Gasteiger partial charge in [0.1, 0.15) is 24.3 Å². The molecule has 1 saturated heterocycles. The van der Waals surface area contributed by atoms with Crippen molar-refractivity contribution < 1.29 is 9.47 Å². The standard InChI is InChI=1S/C26H34ClN3O2/c1-2-21-4-8-25(9-5-21)32-20-26-28-14-18-30(26)23-12-16-29(17-13-23)15-3-19-31-24-10-6-22(27)7-11-24/h4-11,14,18,23,26,28H,2-3,12-13,15-17,19-20H2,1H3. The molecule has 0 amide bonds. The van der Waals surface area contributed by atoms with Crippen LogP contribution in [0, 0.1) is 0 Å². The van der Waals surface area contributed by atoms with E-state index in [1.54, 1.807) is 0 Å². The Kier molecular flexibility index (Phi) is 8.18. The van der Waals surface area contributed by atoms with Crippen molar-refractivity contribution in [2.75, 3.05) is 32.8 Å². The molecule has 2 aromatic carbocycles. The summed E-state index contributed by atoms with van der Waals surface area (Å²) in [4.78, 5) is 5.00. The molecule has 2 heterocycles. The highest BCUT2D eigenvalue weighted by molar-refractivity contribution is 6.30. The maximum atomic E-state index is 6.06. The number of piperidine rings is 1. The van der Waals surface area contributed by atoms with Crippen LogP contribution in [-0.2, 0) is 6.42 Å².